The first-order valence-corrected chi connectivity index (χ1v) is 13.5. The first kappa shape index (κ1) is 24.8. The number of nitrogens with zero attached hydrogens (tertiary/aromatic N) is 3. The van der Waals surface area contributed by atoms with E-state index in [4.69, 9.17) is 5.41 Å². The lowest BCUT2D eigenvalue weighted by atomic mass is 10.1. The summed E-state index contributed by atoms with van der Waals surface area (Å²) in [5.41, 5.74) is 0.793. The number of halogens is 4. The highest BCUT2D eigenvalue weighted by atomic mass is 32.2. The van der Waals surface area contributed by atoms with Crippen LogP contribution in [0.15, 0.2) is 58.9 Å². The normalized spacial score (nSPS) is 15.6. The van der Waals surface area contributed by atoms with Crippen molar-refractivity contribution in [2.24, 2.45) is 0 Å². The summed E-state index contributed by atoms with van der Waals surface area (Å²) in [6.45, 7) is 2.60. The molecule has 0 saturated carbocycles. The summed E-state index contributed by atoms with van der Waals surface area (Å²) in [6.07, 6.45) is -0.728. The summed E-state index contributed by atoms with van der Waals surface area (Å²) >= 11 is 4.31. The number of hydrogen-bond donors (Lipinski definition) is 1. The first-order valence-electron chi connectivity index (χ1n) is 11.0. The molecule has 1 aliphatic heterocycles. The van der Waals surface area contributed by atoms with Crippen LogP contribution in [0.2, 0.25) is 0 Å². The molecule has 0 fully saturated rings. The van der Waals surface area contributed by atoms with Crippen LogP contribution in [0, 0.1) is 11.2 Å². The molecule has 0 atom stereocenters. The van der Waals surface area contributed by atoms with Gasteiger partial charge in [0.1, 0.15) is 25.5 Å². The summed E-state index contributed by atoms with van der Waals surface area (Å²) < 4.78 is 59.5. The number of nitrogens with one attached hydrogen (secondary N) is 1. The van der Waals surface area contributed by atoms with Crippen LogP contribution in [0.3, 0.4) is 0 Å². The number of thioether (sulfide) groups is 1. The minimum absolute atomic E-state index is 0.0833. The van der Waals surface area contributed by atoms with E-state index in [9.17, 15) is 17.6 Å². The van der Waals surface area contributed by atoms with Crippen LogP contribution in [0.5, 0.6) is 0 Å². The van der Waals surface area contributed by atoms with E-state index >= 15 is 0 Å². The van der Waals surface area contributed by atoms with E-state index in [1.807, 2.05) is 34.9 Å². The van der Waals surface area contributed by atoms with Crippen LogP contribution in [-0.2, 0) is 19.3 Å². The van der Waals surface area contributed by atoms with Gasteiger partial charge >= 0.3 is 6.18 Å². The molecular formula is C25H21F4N4S3+. The van der Waals surface area contributed by atoms with Gasteiger partial charge < -0.3 is 9.47 Å². The highest BCUT2D eigenvalue weighted by Crippen LogP contribution is 2.45. The van der Waals surface area contributed by atoms with Crippen LogP contribution < -0.4 is 24.1 Å². The number of rotatable bonds is 4. The van der Waals surface area contributed by atoms with Crippen molar-refractivity contribution in [3.8, 4) is 0 Å². The summed E-state index contributed by atoms with van der Waals surface area (Å²) in [7, 11) is 1.90. The lowest BCUT2D eigenvalue weighted by Crippen LogP contribution is -2.37. The SMILES string of the molecule is CCn1c(=N)/c(=C2\Sc3cc(F)ccc3N2C)s/c1=C\c1scc[n+]1Cc1ccccc1C(F)(F)F. The molecule has 4 aromatic rings. The van der Waals surface area contributed by atoms with Crippen LogP contribution in [-0.4, -0.2) is 11.6 Å². The van der Waals surface area contributed by atoms with E-state index in [0.29, 0.717) is 12.0 Å². The van der Waals surface area contributed by atoms with Crippen molar-refractivity contribution in [2.75, 3.05) is 11.9 Å². The molecule has 0 saturated heterocycles. The minimum Gasteiger partial charge on any atom is -0.337 e. The molecule has 11 heteroatoms. The Hall–Kier alpha value is -2.89. The molecule has 0 aliphatic carbocycles. The van der Waals surface area contributed by atoms with E-state index in [1.165, 1.54) is 58.7 Å². The number of fused-ring (bicyclic) bond motifs is 1. The van der Waals surface area contributed by atoms with E-state index < -0.39 is 11.7 Å². The molecule has 0 radical (unpaired) electrons. The third-order valence-corrected chi connectivity index (χ3v) is 9.22. The fourth-order valence-electron chi connectivity index (χ4n) is 4.12. The maximum absolute atomic E-state index is 13.8. The van der Waals surface area contributed by atoms with Crippen molar-refractivity contribution in [3.05, 3.63) is 90.7 Å². The quantitative estimate of drug-likeness (QED) is 0.295. The zero-order valence-corrected chi connectivity index (χ0v) is 21.7. The van der Waals surface area contributed by atoms with E-state index in [1.54, 1.807) is 22.9 Å². The lowest BCUT2D eigenvalue weighted by Gasteiger charge is -2.12. The molecule has 0 amide bonds. The van der Waals surface area contributed by atoms with Gasteiger partial charge in [-0.25, -0.2) is 4.39 Å². The first-order chi connectivity index (χ1) is 17.2. The highest BCUT2D eigenvalue weighted by molar-refractivity contribution is 8.08. The maximum Gasteiger partial charge on any atom is 0.416 e. The van der Waals surface area contributed by atoms with Gasteiger partial charge in [0.25, 0.3) is 5.01 Å². The van der Waals surface area contributed by atoms with Gasteiger partial charge in [-0.1, -0.05) is 41.3 Å². The van der Waals surface area contributed by atoms with Gasteiger partial charge in [-0.05, 0) is 31.2 Å². The van der Waals surface area contributed by atoms with Crippen molar-refractivity contribution >= 4 is 51.2 Å². The monoisotopic (exact) mass is 549 g/mol. The van der Waals surface area contributed by atoms with Gasteiger partial charge in [0, 0.05) is 24.1 Å². The van der Waals surface area contributed by atoms with E-state index in [0.717, 1.165) is 35.9 Å². The Balaban J connectivity index is 1.59. The number of alkyl halides is 3. The zero-order valence-electron chi connectivity index (χ0n) is 19.3. The predicted molar refractivity (Wildman–Crippen MR) is 136 cm³/mol. The van der Waals surface area contributed by atoms with Crippen molar-refractivity contribution in [1.29, 1.82) is 5.41 Å². The average Bonchev–Trinajstić information content (AvgIpc) is 3.49. The molecule has 4 nitrogen and oxygen atoms in total. The number of aromatic nitrogens is 2. The Morgan fingerprint density at radius 3 is 2.67 bits per heavy atom. The average molecular weight is 550 g/mol. The molecule has 2 aromatic heterocycles. The van der Waals surface area contributed by atoms with Gasteiger partial charge in [0.2, 0.25) is 0 Å². The van der Waals surface area contributed by atoms with Crippen molar-refractivity contribution in [2.45, 2.75) is 31.1 Å². The Labute approximate surface area is 216 Å². The largest absolute Gasteiger partial charge is 0.416 e. The second-order valence-corrected chi connectivity index (χ2v) is 11.1. The van der Waals surface area contributed by atoms with Crippen LogP contribution >= 0.6 is 34.4 Å². The molecule has 1 aliphatic rings. The standard InChI is InChI=1S/C25H21F4N4S3/c1-3-33-21(36-22(23(33)30)24-31(2)18-9-8-16(26)12-19(18)35-24)13-20-32(10-11-34-20)14-15-6-4-5-7-17(15)25(27,28)29/h4-13,30H,3,14H2,1-2H3/q+1/b24-22+,30-23?. The number of thiazole rings is 2. The molecule has 0 bridgehead atoms. The summed E-state index contributed by atoms with van der Waals surface area (Å²) in [6, 6.07) is 10.3. The second-order valence-electron chi connectivity index (χ2n) is 8.11. The Morgan fingerprint density at radius 2 is 1.92 bits per heavy atom. The summed E-state index contributed by atoms with van der Waals surface area (Å²) in [5.74, 6) is -0.305. The highest BCUT2D eigenvalue weighted by Gasteiger charge is 2.34. The van der Waals surface area contributed by atoms with Gasteiger partial charge in [0.15, 0.2) is 12.7 Å². The van der Waals surface area contributed by atoms with Crippen molar-refractivity contribution in [3.63, 3.8) is 0 Å². The molecule has 186 valence electrons. The predicted octanol–water partition coefficient (Wildman–Crippen LogP) is 4.74. The fourth-order valence-corrected chi connectivity index (χ4v) is 7.49. The molecule has 2 aromatic carbocycles. The Morgan fingerprint density at radius 1 is 1.14 bits per heavy atom. The second kappa shape index (κ2) is 9.53. The smallest absolute Gasteiger partial charge is 0.337 e. The van der Waals surface area contributed by atoms with Gasteiger partial charge in [0.05, 0.1) is 22.7 Å². The molecule has 1 N–H and O–H groups in total. The number of anilines is 1. The summed E-state index contributed by atoms with van der Waals surface area (Å²) in [4.78, 5) is 2.76. The Bertz CT molecular complexity index is 1630. The molecular weight excluding hydrogens is 528 g/mol. The lowest BCUT2D eigenvalue weighted by molar-refractivity contribution is -0.685. The number of hydrogen-bond acceptors (Lipinski definition) is 5. The molecule has 5 rings (SSSR count). The van der Waals surface area contributed by atoms with E-state index in [2.05, 4.69) is 0 Å². The number of benzene rings is 2. The third kappa shape index (κ3) is 4.51. The molecule has 36 heavy (non-hydrogen) atoms. The van der Waals surface area contributed by atoms with Gasteiger partial charge in [-0.3, -0.25) is 5.41 Å². The topological polar surface area (TPSA) is 35.9 Å². The molecule has 0 unspecified atom stereocenters. The van der Waals surface area contributed by atoms with Gasteiger partial charge in [-0.2, -0.15) is 17.7 Å². The van der Waals surface area contributed by atoms with Crippen molar-refractivity contribution < 1.29 is 22.1 Å². The zero-order chi connectivity index (χ0) is 25.6. The Kier molecular flexibility index (Phi) is 6.56. The summed E-state index contributed by atoms with van der Waals surface area (Å²) in [5, 5.41) is 12.3. The fraction of sp³-hybridized carbons (Fsp3) is 0.200. The van der Waals surface area contributed by atoms with Crippen LogP contribution in [0.4, 0.5) is 23.2 Å². The molecule has 3 heterocycles. The van der Waals surface area contributed by atoms with Gasteiger partial charge in [-0.15, -0.1) is 11.3 Å². The van der Waals surface area contributed by atoms with E-state index in [-0.39, 0.29) is 17.9 Å². The third-order valence-electron chi connectivity index (χ3n) is 5.89. The van der Waals surface area contributed by atoms with Crippen LogP contribution in [0.1, 0.15) is 23.1 Å². The maximum atomic E-state index is 13.8. The molecule has 0 spiro atoms. The van der Waals surface area contributed by atoms with Crippen LogP contribution in [0.25, 0.3) is 11.1 Å². The van der Waals surface area contributed by atoms with Crippen molar-refractivity contribution in [1.82, 2.24) is 4.57 Å². The minimum atomic E-state index is -4.42.